The van der Waals surface area contributed by atoms with Crippen molar-refractivity contribution in [2.45, 2.75) is 5.75 Å². The monoisotopic (exact) mass is 288 g/mol. The molecule has 1 rings (SSSR count). The maximum Gasteiger partial charge on any atom is 0.215 e. The summed E-state index contributed by atoms with van der Waals surface area (Å²) in [6.45, 7) is 0.597. The SMILES string of the molecule is COCCNS(=O)(=O)Cc1cccc(C(N)=S)c1. The summed E-state index contributed by atoms with van der Waals surface area (Å²) >= 11 is 4.84. The number of methoxy groups -OCH3 is 1. The van der Waals surface area contributed by atoms with Crippen molar-refractivity contribution in [1.29, 1.82) is 0 Å². The molecule has 0 unspecified atom stereocenters. The normalized spacial score (nSPS) is 11.4. The van der Waals surface area contributed by atoms with Crippen LogP contribution in [0.5, 0.6) is 0 Å². The summed E-state index contributed by atoms with van der Waals surface area (Å²) in [7, 11) is -1.85. The van der Waals surface area contributed by atoms with Gasteiger partial charge in [-0.05, 0) is 11.6 Å². The van der Waals surface area contributed by atoms with Crippen LogP contribution in [0.25, 0.3) is 0 Å². The summed E-state index contributed by atoms with van der Waals surface area (Å²) in [5, 5.41) is 0. The zero-order valence-corrected chi connectivity index (χ0v) is 11.7. The summed E-state index contributed by atoms with van der Waals surface area (Å²) in [5.74, 6) is -0.104. The Morgan fingerprint density at radius 3 is 2.83 bits per heavy atom. The average molecular weight is 288 g/mol. The minimum atomic E-state index is -3.36. The van der Waals surface area contributed by atoms with Gasteiger partial charge in [-0.1, -0.05) is 30.4 Å². The summed E-state index contributed by atoms with van der Waals surface area (Å²) in [4.78, 5) is 0.251. The van der Waals surface area contributed by atoms with Crippen molar-refractivity contribution in [3.8, 4) is 0 Å². The predicted octanol–water partition coefficient (Wildman–Crippen LogP) is 0.387. The van der Waals surface area contributed by atoms with E-state index in [-0.39, 0.29) is 17.3 Å². The summed E-state index contributed by atoms with van der Waals surface area (Å²) < 4.78 is 30.7. The van der Waals surface area contributed by atoms with Crippen molar-refractivity contribution in [2.24, 2.45) is 5.73 Å². The molecule has 18 heavy (non-hydrogen) atoms. The number of nitrogens with two attached hydrogens (primary N) is 1. The van der Waals surface area contributed by atoms with Gasteiger partial charge in [0, 0.05) is 19.2 Å². The first-order valence-corrected chi connectivity index (χ1v) is 7.35. The molecule has 0 saturated heterocycles. The number of ether oxygens (including phenoxy) is 1. The van der Waals surface area contributed by atoms with Gasteiger partial charge in [-0.25, -0.2) is 13.1 Å². The summed E-state index contributed by atoms with van der Waals surface area (Å²) in [5.41, 5.74) is 6.80. The third-order valence-electron chi connectivity index (χ3n) is 2.20. The highest BCUT2D eigenvalue weighted by atomic mass is 32.2. The van der Waals surface area contributed by atoms with Gasteiger partial charge in [0.1, 0.15) is 4.99 Å². The minimum Gasteiger partial charge on any atom is -0.389 e. The molecular weight excluding hydrogens is 272 g/mol. The fraction of sp³-hybridized carbons (Fsp3) is 0.364. The Kier molecular flexibility index (Phi) is 5.67. The molecule has 0 radical (unpaired) electrons. The second kappa shape index (κ2) is 6.79. The van der Waals surface area contributed by atoms with Crippen LogP contribution in [0, 0.1) is 0 Å². The largest absolute Gasteiger partial charge is 0.389 e. The van der Waals surface area contributed by atoms with Crippen molar-refractivity contribution in [2.75, 3.05) is 20.3 Å². The highest BCUT2D eigenvalue weighted by Gasteiger charge is 2.11. The molecule has 0 saturated carbocycles. The molecule has 0 heterocycles. The summed E-state index contributed by atoms with van der Waals surface area (Å²) in [6, 6.07) is 6.88. The number of thiocarbonyl (C=S) groups is 1. The fourth-order valence-electron chi connectivity index (χ4n) is 1.38. The molecule has 0 spiro atoms. The van der Waals surface area contributed by atoms with Gasteiger partial charge in [0.25, 0.3) is 0 Å². The van der Waals surface area contributed by atoms with Crippen molar-refractivity contribution in [3.63, 3.8) is 0 Å². The molecule has 0 bridgehead atoms. The number of benzene rings is 1. The quantitative estimate of drug-likeness (QED) is 0.560. The molecular formula is C11H16N2O3S2. The number of hydrogen-bond donors (Lipinski definition) is 2. The van der Waals surface area contributed by atoms with Gasteiger partial charge in [-0.3, -0.25) is 0 Å². The van der Waals surface area contributed by atoms with Gasteiger partial charge in [-0.15, -0.1) is 0 Å². The van der Waals surface area contributed by atoms with Crippen LogP contribution < -0.4 is 10.5 Å². The van der Waals surface area contributed by atoms with E-state index in [1.807, 2.05) is 0 Å². The highest BCUT2D eigenvalue weighted by Crippen LogP contribution is 2.08. The van der Waals surface area contributed by atoms with E-state index in [0.29, 0.717) is 17.7 Å². The molecule has 0 fully saturated rings. The van der Waals surface area contributed by atoms with E-state index in [1.54, 1.807) is 24.3 Å². The third-order valence-corrected chi connectivity index (χ3v) is 3.79. The molecule has 100 valence electrons. The lowest BCUT2D eigenvalue weighted by Crippen LogP contribution is -2.28. The Morgan fingerprint density at radius 1 is 1.50 bits per heavy atom. The topological polar surface area (TPSA) is 81.4 Å². The molecule has 0 atom stereocenters. The lowest BCUT2D eigenvalue weighted by Gasteiger charge is -2.07. The van der Waals surface area contributed by atoms with Gasteiger partial charge >= 0.3 is 0 Å². The van der Waals surface area contributed by atoms with E-state index in [9.17, 15) is 8.42 Å². The second-order valence-electron chi connectivity index (χ2n) is 3.71. The number of nitrogens with one attached hydrogen (secondary N) is 1. The van der Waals surface area contributed by atoms with E-state index < -0.39 is 10.0 Å². The predicted molar refractivity (Wildman–Crippen MR) is 74.8 cm³/mol. The zero-order chi connectivity index (χ0) is 13.6. The van der Waals surface area contributed by atoms with Crippen LogP contribution in [0.3, 0.4) is 0 Å². The van der Waals surface area contributed by atoms with Gasteiger partial charge in [0.2, 0.25) is 10.0 Å². The van der Waals surface area contributed by atoms with E-state index in [4.69, 9.17) is 22.7 Å². The molecule has 0 aliphatic carbocycles. The van der Waals surface area contributed by atoms with Gasteiger partial charge in [-0.2, -0.15) is 0 Å². The zero-order valence-electron chi connectivity index (χ0n) is 10.0. The Hall–Kier alpha value is -1.02. The molecule has 7 heteroatoms. The Labute approximate surface area is 112 Å². The molecule has 5 nitrogen and oxygen atoms in total. The minimum absolute atomic E-state index is 0.104. The Bertz CT molecular complexity index is 515. The van der Waals surface area contributed by atoms with Crippen molar-refractivity contribution in [3.05, 3.63) is 35.4 Å². The lowest BCUT2D eigenvalue weighted by atomic mass is 10.1. The molecule has 1 aromatic carbocycles. The second-order valence-corrected chi connectivity index (χ2v) is 5.96. The molecule has 0 aliphatic heterocycles. The van der Waals surface area contributed by atoms with Crippen LogP contribution in [0.1, 0.15) is 11.1 Å². The highest BCUT2D eigenvalue weighted by molar-refractivity contribution is 7.88. The standard InChI is InChI=1S/C11H16N2O3S2/c1-16-6-5-13-18(14,15)8-9-3-2-4-10(7-9)11(12)17/h2-4,7,13H,5-6,8H2,1H3,(H2,12,17). The molecule has 1 aromatic rings. The number of hydrogen-bond acceptors (Lipinski definition) is 4. The average Bonchev–Trinajstić information content (AvgIpc) is 2.28. The van der Waals surface area contributed by atoms with Crippen LogP contribution in [0.15, 0.2) is 24.3 Å². The third kappa shape index (κ3) is 5.09. The molecule has 0 aromatic heterocycles. The molecule has 3 N–H and O–H groups in total. The lowest BCUT2D eigenvalue weighted by molar-refractivity contribution is 0.204. The van der Waals surface area contributed by atoms with Gasteiger partial charge in [0.15, 0.2) is 0 Å². The first-order chi connectivity index (χ1) is 8.44. The van der Waals surface area contributed by atoms with E-state index in [0.717, 1.165) is 0 Å². The molecule has 0 aliphatic rings. The van der Waals surface area contributed by atoms with E-state index in [1.165, 1.54) is 7.11 Å². The number of sulfonamides is 1. The van der Waals surface area contributed by atoms with E-state index >= 15 is 0 Å². The van der Waals surface area contributed by atoms with Crippen molar-refractivity contribution < 1.29 is 13.2 Å². The van der Waals surface area contributed by atoms with Crippen LogP contribution in [-0.2, 0) is 20.5 Å². The first kappa shape index (κ1) is 15.0. The maximum absolute atomic E-state index is 11.7. The van der Waals surface area contributed by atoms with Gasteiger partial charge in [0.05, 0.1) is 12.4 Å². The van der Waals surface area contributed by atoms with E-state index in [2.05, 4.69) is 4.72 Å². The van der Waals surface area contributed by atoms with Crippen LogP contribution >= 0.6 is 12.2 Å². The number of rotatable bonds is 7. The van der Waals surface area contributed by atoms with Crippen molar-refractivity contribution in [1.82, 2.24) is 4.72 Å². The van der Waals surface area contributed by atoms with Gasteiger partial charge < -0.3 is 10.5 Å². The van der Waals surface area contributed by atoms with Crippen LogP contribution in [-0.4, -0.2) is 33.7 Å². The maximum atomic E-state index is 11.7. The Morgan fingerprint density at radius 2 is 2.22 bits per heavy atom. The van der Waals surface area contributed by atoms with Crippen LogP contribution in [0.4, 0.5) is 0 Å². The first-order valence-electron chi connectivity index (χ1n) is 5.29. The molecule has 0 amide bonds. The fourth-order valence-corrected chi connectivity index (χ4v) is 2.63. The van der Waals surface area contributed by atoms with Crippen LogP contribution in [0.2, 0.25) is 0 Å². The smallest absolute Gasteiger partial charge is 0.215 e. The Balaban J connectivity index is 2.72. The summed E-state index contributed by atoms with van der Waals surface area (Å²) in [6.07, 6.45) is 0. The van der Waals surface area contributed by atoms with Crippen molar-refractivity contribution >= 4 is 27.2 Å².